The van der Waals surface area contributed by atoms with Crippen molar-refractivity contribution in [1.82, 2.24) is 0 Å². The van der Waals surface area contributed by atoms with E-state index in [-0.39, 0.29) is 7.25 Å². The summed E-state index contributed by atoms with van der Waals surface area (Å²) in [5, 5.41) is 0. The summed E-state index contributed by atoms with van der Waals surface area (Å²) in [6.45, 7) is 33.1. The van der Waals surface area contributed by atoms with Crippen molar-refractivity contribution in [1.29, 1.82) is 0 Å². The number of rotatable bonds is 17. The van der Waals surface area contributed by atoms with Gasteiger partial charge in [0.25, 0.3) is 0 Å². The van der Waals surface area contributed by atoms with Crippen LogP contribution in [0.2, 0.25) is 13.1 Å². The summed E-state index contributed by atoms with van der Waals surface area (Å²) in [5.41, 5.74) is 22.8. The normalized spacial score (nSPS) is 17.2. The predicted octanol–water partition coefficient (Wildman–Crippen LogP) is 18.6. The van der Waals surface area contributed by atoms with E-state index in [0.29, 0.717) is 23.7 Å². The number of fused-ring (bicyclic) bond motifs is 2. The van der Waals surface area contributed by atoms with E-state index < -0.39 is 21.5 Å². The van der Waals surface area contributed by atoms with Crippen molar-refractivity contribution in [2.24, 2.45) is 0 Å². The van der Waals surface area contributed by atoms with Crippen LogP contribution in [0.5, 0.6) is 0 Å². The molecule has 0 nitrogen and oxygen atoms in total. The van der Waals surface area contributed by atoms with Gasteiger partial charge < -0.3 is 0 Å². The molecule has 0 aliphatic heterocycles. The molecule has 0 saturated carbocycles. The van der Waals surface area contributed by atoms with Crippen molar-refractivity contribution in [2.75, 3.05) is 0 Å². The van der Waals surface area contributed by atoms with Crippen LogP contribution in [-0.4, -0.2) is 5.92 Å². The van der Waals surface area contributed by atoms with Gasteiger partial charge in [0.05, 0.1) is 0 Å². The maximum atomic E-state index is 9.11. The van der Waals surface area contributed by atoms with Gasteiger partial charge in [-0.3, -0.25) is 0 Å². The molecule has 60 heavy (non-hydrogen) atoms. The van der Waals surface area contributed by atoms with Crippen LogP contribution >= 0.6 is 17.0 Å². The average Bonchev–Trinajstić information content (AvgIpc) is 3.80. The van der Waals surface area contributed by atoms with E-state index in [0.717, 1.165) is 51.4 Å². The van der Waals surface area contributed by atoms with Gasteiger partial charge in [0, 0.05) is 0 Å². The molecule has 2 aliphatic carbocycles. The Bertz CT molecular complexity index is 2060. The van der Waals surface area contributed by atoms with E-state index in [1.807, 2.05) is 0 Å². The van der Waals surface area contributed by atoms with Crippen LogP contribution in [0.15, 0.2) is 71.8 Å². The van der Waals surface area contributed by atoms with Gasteiger partial charge in [0.15, 0.2) is 0 Å². The Balaban J connectivity index is 1.67. The fourth-order valence-electron chi connectivity index (χ4n) is 10.7. The molecule has 0 spiro atoms. The molecule has 0 radical (unpaired) electrons. The van der Waals surface area contributed by atoms with E-state index >= 15 is 0 Å². The molecule has 4 aromatic rings. The van der Waals surface area contributed by atoms with Crippen molar-refractivity contribution in [3.05, 3.63) is 127 Å². The summed E-state index contributed by atoms with van der Waals surface area (Å²) < 4.78 is 0.190. The standard InChI is InChI=1S/2C27H35.C2H7Si.2ClH.Zr/c2*1-7-9-10-20-13-22-12-11-21(8-2)27(26(22)14-20)25-16-23(18(3)4)15-24(17-25)19(5)6;1-3-2;;;/h2*11-19H,7-10H2,1-6H3;3H,1-2H3;2*1H;/q;;;;;+2/p-2. The molecule has 4 heteroatoms. The number of hydrogen-bond donors (Lipinski definition) is 0. The summed E-state index contributed by atoms with van der Waals surface area (Å²) in [7, 11) is 18.2. The van der Waals surface area contributed by atoms with Crippen LogP contribution in [0.1, 0.15) is 208 Å². The number of aryl methyl sites for hydroxylation is 2. The molecule has 0 bridgehead atoms. The Morgan fingerprint density at radius 2 is 0.850 bits per heavy atom. The zero-order valence-corrected chi connectivity index (χ0v) is 45.0. The minimum absolute atomic E-state index is 0.0950. The van der Waals surface area contributed by atoms with Crippen molar-refractivity contribution >= 4 is 35.1 Å². The molecule has 0 saturated heterocycles. The van der Waals surface area contributed by atoms with Crippen molar-refractivity contribution in [2.45, 2.75) is 178 Å². The number of allylic oxidation sites excluding steroid dienone is 2. The van der Waals surface area contributed by atoms with Crippen LogP contribution in [0.25, 0.3) is 34.4 Å². The van der Waals surface area contributed by atoms with Gasteiger partial charge in [0.2, 0.25) is 0 Å². The third-order valence-electron chi connectivity index (χ3n) is 14.6. The molecular formula is C56H77Cl2SiZr. The molecule has 0 amide bonds. The molecule has 0 aromatic heterocycles. The van der Waals surface area contributed by atoms with Gasteiger partial charge in [0.1, 0.15) is 0 Å². The Morgan fingerprint density at radius 1 is 0.517 bits per heavy atom. The Labute approximate surface area is 375 Å². The van der Waals surface area contributed by atoms with Crippen molar-refractivity contribution < 1.29 is 15.6 Å². The number of unbranched alkanes of at least 4 members (excludes halogenated alkanes) is 2. The molecule has 2 unspecified atom stereocenters. The van der Waals surface area contributed by atoms with Crippen molar-refractivity contribution in [3.63, 3.8) is 0 Å². The summed E-state index contributed by atoms with van der Waals surface area (Å²) in [6.07, 6.45) is 13.9. The summed E-state index contributed by atoms with van der Waals surface area (Å²) in [4.78, 5) is 0. The molecule has 0 heterocycles. The van der Waals surface area contributed by atoms with Gasteiger partial charge >= 0.3 is 379 Å². The predicted molar refractivity (Wildman–Crippen MR) is 270 cm³/mol. The topological polar surface area (TPSA) is 0 Å². The van der Waals surface area contributed by atoms with Crippen molar-refractivity contribution in [3.8, 4) is 22.3 Å². The second-order valence-electron chi connectivity index (χ2n) is 20.2. The first-order chi connectivity index (χ1) is 28.4. The van der Waals surface area contributed by atoms with Crippen LogP contribution < -0.4 is 0 Å². The third kappa shape index (κ3) is 8.66. The van der Waals surface area contributed by atoms with Gasteiger partial charge in [-0.1, -0.05) is 0 Å². The molecular weight excluding hydrogens is 863 g/mol. The van der Waals surface area contributed by atoms with E-state index in [4.69, 9.17) is 17.0 Å². The first-order valence-corrected chi connectivity index (χ1v) is 40.3. The number of hydrogen-bond acceptors (Lipinski definition) is 0. The number of halogens is 2. The minimum atomic E-state index is -5.04. The first-order valence-electron chi connectivity index (χ1n) is 24.0. The zero-order valence-electron chi connectivity index (χ0n) is 39.9. The summed E-state index contributed by atoms with van der Waals surface area (Å²) in [6, 6.07) is 24.8. The molecule has 323 valence electrons. The summed E-state index contributed by atoms with van der Waals surface area (Å²) in [5.74, 6) is 0.0890. The van der Waals surface area contributed by atoms with Gasteiger partial charge in [-0.05, 0) is 0 Å². The first kappa shape index (κ1) is 47.5. The molecule has 2 atom stereocenters. The van der Waals surface area contributed by atoms with E-state index in [9.17, 15) is 0 Å². The van der Waals surface area contributed by atoms with Gasteiger partial charge in [-0.25, -0.2) is 0 Å². The van der Waals surface area contributed by atoms with E-state index in [1.54, 1.807) is 0 Å². The summed E-state index contributed by atoms with van der Waals surface area (Å²) >= 11 is -5.04. The Kier molecular flexibility index (Phi) is 15.1. The van der Waals surface area contributed by atoms with Crippen LogP contribution in [0, 0.1) is 0 Å². The van der Waals surface area contributed by atoms with E-state index in [1.165, 1.54) is 89.0 Å². The van der Waals surface area contributed by atoms with Crippen LogP contribution in [0.3, 0.4) is 0 Å². The molecule has 0 N–H and O–H groups in total. The fraction of sp³-hybridized carbons (Fsp3) is 0.500. The maximum absolute atomic E-state index is 9.11. The second-order valence-corrected chi connectivity index (χ2v) is 62.7. The van der Waals surface area contributed by atoms with E-state index in [2.05, 4.69) is 169 Å². The Hall–Kier alpha value is -1.96. The SMILES string of the molecule is CCCCC1=Cc2c(ccc(CC)c2-c2cc(C(C)C)cc(C(C)C)c2)[CH]1[Zr]([Cl])([Cl])([CH]1C(CCCC)=Cc2c1ccc(CC)c2-c1cc(C(C)C)cc(C(C)C)c1)[SiH](C)C. The average molecular weight is 940 g/mol. The quantitative estimate of drug-likeness (QED) is 0.0926. The molecule has 0 fully saturated rings. The zero-order chi connectivity index (χ0) is 43.9. The molecule has 2 aliphatic rings. The third-order valence-corrected chi connectivity index (χ3v) is 66.4. The fourth-order valence-corrected chi connectivity index (χ4v) is 42.2. The second kappa shape index (κ2) is 19.0. The monoisotopic (exact) mass is 937 g/mol. The van der Waals surface area contributed by atoms with Crippen LogP contribution in [-0.2, 0) is 28.4 Å². The molecule has 6 rings (SSSR count). The van der Waals surface area contributed by atoms with Gasteiger partial charge in [-0.2, -0.15) is 0 Å². The number of benzene rings is 4. The molecule has 4 aromatic carbocycles. The van der Waals surface area contributed by atoms with Crippen LogP contribution in [0.4, 0.5) is 0 Å². The van der Waals surface area contributed by atoms with Gasteiger partial charge in [-0.15, -0.1) is 0 Å². The Morgan fingerprint density at radius 3 is 1.12 bits per heavy atom.